The van der Waals surface area contributed by atoms with E-state index in [1.54, 1.807) is 0 Å². The number of benzene rings is 1. The van der Waals surface area contributed by atoms with E-state index in [2.05, 4.69) is 20.8 Å². The van der Waals surface area contributed by atoms with Crippen LogP contribution >= 0.6 is 15.9 Å². The Hall–Kier alpha value is -0.740. The SMILES string of the molecule is CN(C)CCOc1ccc(Br)cc1N. The number of likely N-dealkylation sites (N-methyl/N-ethyl adjacent to an activating group) is 1. The van der Waals surface area contributed by atoms with E-state index in [0.29, 0.717) is 12.3 Å². The lowest BCUT2D eigenvalue weighted by Gasteiger charge is -2.12. The van der Waals surface area contributed by atoms with Crippen molar-refractivity contribution in [3.8, 4) is 5.75 Å². The van der Waals surface area contributed by atoms with Crippen LogP contribution in [0.3, 0.4) is 0 Å². The normalized spacial score (nSPS) is 10.6. The molecule has 78 valence electrons. The number of nitrogen functional groups attached to an aromatic ring is 1. The van der Waals surface area contributed by atoms with E-state index in [1.807, 2.05) is 32.3 Å². The monoisotopic (exact) mass is 258 g/mol. The molecule has 0 aliphatic carbocycles. The molecule has 0 aliphatic rings. The van der Waals surface area contributed by atoms with Gasteiger partial charge in [0.2, 0.25) is 0 Å². The van der Waals surface area contributed by atoms with Crippen LogP contribution in [0.1, 0.15) is 0 Å². The molecule has 0 amide bonds. The number of nitrogens with two attached hydrogens (primary N) is 1. The topological polar surface area (TPSA) is 38.5 Å². The zero-order valence-electron chi connectivity index (χ0n) is 8.46. The van der Waals surface area contributed by atoms with Gasteiger partial charge in [-0.3, -0.25) is 0 Å². The number of hydrogen-bond donors (Lipinski definition) is 1. The number of ether oxygens (including phenoxy) is 1. The number of anilines is 1. The van der Waals surface area contributed by atoms with Gasteiger partial charge >= 0.3 is 0 Å². The molecule has 2 N–H and O–H groups in total. The van der Waals surface area contributed by atoms with Crippen molar-refractivity contribution in [2.45, 2.75) is 0 Å². The zero-order valence-corrected chi connectivity index (χ0v) is 10.0. The summed E-state index contributed by atoms with van der Waals surface area (Å²) in [5, 5.41) is 0. The highest BCUT2D eigenvalue weighted by Gasteiger charge is 2.00. The van der Waals surface area contributed by atoms with E-state index in [9.17, 15) is 0 Å². The fraction of sp³-hybridized carbons (Fsp3) is 0.400. The van der Waals surface area contributed by atoms with Crippen molar-refractivity contribution in [3.63, 3.8) is 0 Å². The fourth-order valence-corrected chi connectivity index (χ4v) is 1.37. The molecule has 0 aliphatic heterocycles. The second-order valence-electron chi connectivity index (χ2n) is 3.33. The molecule has 3 nitrogen and oxygen atoms in total. The van der Waals surface area contributed by atoms with Gasteiger partial charge < -0.3 is 15.4 Å². The molecule has 1 rings (SSSR count). The molecule has 0 bridgehead atoms. The number of halogens is 1. The summed E-state index contributed by atoms with van der Waals surface area (Å²) in [5.74, 6) is 0.745. The van der Waals surface area contributed by atoms with Crippen LogP contribution in [0, 0.1) is 0 Å². The Bertz CT molecular complexity index is 302. The molecule has 0 spiro atoms. The minimum atomic E-state index is 0.652. The van der Waals surface area contributed by atoms with E-state index >= 15 is 0 Å². The Kier molecular flexibility index (Phi) is 4.22. The molecule has 0 fully saturated rings. The van der Waals surface area contributed by atoms with Crippen molar-refractivity contribution < 1.29 is 4.74 Å². The summed E-state index contributed by atoms with van der Waals surface area (Å²) in [5.41, 5.74) is 6.43. The molecule has 0 aromatic heterocycles. The molecule has 0 saturated carbocycles. The lowest BCUT2D eigenvalue weighted by molar-refractivity contribution is 0.262. The second kappa shape index (κ2) is 5.22. The van der Waals surface area contributed by atoms with Gasteiger partial charge in [0.25, 0.3) is 0 Å². The van der Waals surface area contributed by atoms with Crippen LogP contribution in [0.2, 0.25) is 0 Å². The van der Waals surface area contributed by atoms with Crippen molar-refractivity contribution in [2.75, 3.05) is 33.0 Å². The average Bonchev–Trinajstić information content (AvgIpc) is 2.08. The van der Waals surface area contributed by atoms with Crippen molar-refractivity contribution in [1.82, 2.24) is 4.90 Å². The van der Waals surface area contributed by atoms with Crippen LogP contribution in [-0.2, 0) is 0 Å². The molecule has 0 atom stereocenters. The van der Waals surface area contributed by atoms with Gasteiger partial charge in [-0.2, -0.15) is 0 Å². The largest absolute Gasteiger partial charge is 0.490 e. The van der Waals surface area contributed by atoms with Crippen LogP contribution < -0.4 is 10.5 Å². The second-order valence-corrected chi connectivity index (χ2v) is 4.25. The minimum absolute atomic E-state index is 0.652. The van der Waals surface area contributed by atoms with Gasteiger partial charge in [-0.05, 0) is 32.3 Å². The predicted molar refractivity (Wildman–Crippen MR) is 62.6 cm³/mol. The van der Waals surface area contributed by atoms with Gasteiger partial charge in [0, 0.05) is 11.0 Å². The van der Waals surface area contributed by atoms with Gasteiger partial charge in [0.1, 0.15) is 12.4 Å². The summed E-state index contributed by atoms with van der Waals surface area (Å²) < 4.78 is 6.48. The first-order valence-corrected chi connectivity index (χ1v) is 5.21. The number of hydrogen-bond acceptors (Lipinski definition) is 3. The molecular weight excluding hydrogens is 244 g/mol. The summed E-state index contributed by atoms with van der Waals surface area (Å²) >= 11 is 3.34. The number of rotatable bonds is 4. The Balaban J connectivity index is 2.51. The standard InChI is InChI=1S/C10H15BrN2O/c1-13(2)5-6-14-10-4-3-8(11)7-9(10)12/h3-4,7H,5-6,12H2,1-2H3. The van der Waals surface area contributed by atoms with Crippen molar-refractivity contribution in [1.29, 1.82) is 0 Å². The fourth-order valence-electron chi connectivity index (χ4n) is 0.989. The van der Waals surface area contributed by atoms with Gasteiger partial charge in [-0.15, -0.1) is 0 Å². The van der Waals surface area contributed by atoms with Crippen molar-refractivity contribution in [3.05, 3.63) is 22.7 Å². The smallest absolute Gasteiger partial charge is 0.142 e. The van der Waals surface area contributed by atoms with E-state index in [-0.39, 0.29) is 0 Å². The van der Waals surface area contributed by atoms with Gasteiger partial charge in [-0.25, -0.2) is 0 Å². The highest BCUT2D eigenvalue weighted by molar-refractivity contribution is 9.10. The van der Waals surface area contributed by atoms with Crippen LogP contribution in [0.15, 0.2) is 22.7 Å². The lowest BCUT2D eigenvalue weighted by Crippen LogP contribution is -2.19. The van der Waals surface area contributed by atoms with Crippen molar-refractivity contribution in [2.24, 2.45) is 0 Å². The molecular formula is C10H15BrN2O. The highest BCUT2D eigenvalue weighted by atomic mass is 79.9. The zero-order chi connectivity index (χ0) is 10.6. The third kappa shape index (κ3) is 3.55. The van der Waals surface area contributed by atoms with Crippen LogP contribution in [-0.4, -0.2) is 32.1 Å². The summed E-state index contributed by atoms with van der Waals surface area (Å²) in [7, 11) is 4.02. The third-order valence-corrected chi connectivity index (χ3v) is 2.26. The van der Waals surface area contributed by atoms with Crippen LogP contribution in [0.5, 0.6) is 5.75 Å². The first kappa shape index (κ1) is 11.3. The van der Waals surface area contributed by atoms with E-state index in [4.69, 9.17) is 10.5 Å². The first-order chi connectivity index (χ1) is 6.59. The molecule has 0 heterocycles. The maximum atomic E-state index is 5.77. The van der Waals surface area contributed by atoms with Gasteiger partial charge in [0.15, 0.2) is 0 Å². The van der Waals surface area contributed by atoms with Gasteiger partial charge in [0.05, 0.1) is 5.69 Å². The lowest BCUT2D eigenvalue weighted by atomic mass is 10.3. The minimum Gasteiger partial charge on any atom is -0.490 e. The molecule has 1 aromatic rings. The maximum absolute atomic E-state index is 5.77. The highest BCUT2D eigenvalue weighted by Crippen LogP contribution is 2.24. The summed E-state index contributed by atoms with van der Waals surface area (Å²) in [6, 6.07) is 5.63. The molecule has 4 heteroatoms. The maximum Gasteiger partial charge on any atom is 0.142 e. The Morgan fingerprint density at radius 1 is 1.43 bits per heavy atom. The van der Waals surface area contributed by atoms with Crippen LogP contribution in [0.25, 0.3) is 0 Å². The Morgan fingerprint density at radius 2 is 2.14 bits per heavy atom. The molecule has 0 unspecified atom stereocenters. The summed E-state index contributed by atoms with van der Waals surface area (Å²) in [6.45, 7) is 1.54. The summed E-state index contributed by atoms with van der Waals surface area (Å²) in [6.07, 6.45) is 0. The van der Waals surface area contributed by atoms with Crippen LogP contribution in [0.4, 0.5) is 5.69 Å². The van der Waals surface area contributed by atoms with Crippen molar-refractivity contribution >= 4 is 21.6 Å². The van der Waals surface area contributed by atoms with E-state index in [1.165, 1.54) is 0 Å². The Morgan fingerprint density at radius 3 is 2.71 bits per heavy atom. The summed E-state index contributed by atoms with van der Waals surface area (Å²) in [4.78, 5) is 2.06. The average molecular weight is 259 g/mol. The Labute approximate surface area is 93.0 Å². The predicted octanol–water partition coefficient (Wildman–Crippen LogP) is 1.97. The molecule has 0 radical (unpaired) electrons. The van der Waals surface area contributed by atoms with E-state index in [0.717, 1.165) is 16.8 Å². The molecule has 0 saturated heterocycles. The first-order valence-electron chi connectivity index (χ1n) is 4.42. The number of nitrogens with zero attached hydrogens (tertiary/aromatic N) is 1. The molecule has 14 heavy (non-hydrogen) atoms. The van der Waals surface area contributed by atoms with E-state index < -0.39 is 0 Å². The quantitative estimate of drug-likeness (QED) is 0.840. The third-order valence-electron chi connectivity index (χ3n) is 1.77. The van der Waals surface area contributed by atoms with Gasteiger partial charge in [-0.1, -0.05) is 15.9 Å². The molecule has 1 aromatic carbocycles.